The molecule has 0 aromatic rings. The normalized spacial score (nSPS) is 33.3. The lowest BCUT2D eigenvalue weighted by molar-refractivity contribution is -0.147. The van der Waals surface area contributed by atoms with E-state index in [1.807, 2.05) is 6.92 Å². The van der Waals surface area contributed by atoms with Crippen molar-refractivity contribution in [3.8, 4) is 0 Å². The van der Waals surface area contributed by atoms with Crippen LogP contribution < -0.4 is 38.5 Å². The van der Waals surface area contributed by atoms with Crippen LogP contribution in [-0.4, -0.2) is 126 Å². The maximum Gasteiger partial charge on any atom is 0.241 e. The molecule has 0 aliphatic carbocycles. The monoisotopic (exact) mass is 604 g/mol. The third-order valence-electron chi connectivity index (χ3n) is 8.73. The maximum absolute atomic E-state index is 13.9. The Hall–Kier alpha value is -3.63. The predicted molar refractivity (Wildman–Crippen MR) is 155 cm³/mol. The standard InChI is InChI=1S/C27H44N10O6/c1-2-3-5-14-25(42)34-15(10-32-14)22(39)18-7-8-19(23(40)16-11-36(18)13-21(38)33-16)37-12-17(24(28)41)35-26(43)20(37)6-4-9-31-27(29)30/h14-20,32H,2-13H2,1H3,(H2,28,41)(H,33,38)(H,34,42)(H,35,43)(H4,29,30,31)/t14-,15+,16+,17+,18?,19?,20-/m0/s1. The molecule has 0 saturated carbocycles. The van der Waals surface area contributed by atoms with Crippen LogP contribution in [0.4, 0.5) is 0 Å². The lowest BCUT2D eigenvalue weighted by Crippen LogP contribution is -2.71. The van der Waals surface area contributed by atoms with Crippen molar-refractivity contribution in [1.82, 2.24) is 31.1 Å². The number of nitrogens with zero attached hydrogens (tertiary/aromatic N) is 3. The van der Waals surface area contributed by atoms with Crippen LogP contribution in [0.2, 0.25) is 0 Å². The molecule has 43 heavy (non-hydrogen) atoms. The zero-order valence-electron chi connectivity index (χ0n) is 24.5. The summed E-state index contributed by atoms with van der Waals surface area (Å²) in [6.45, 7) is 2.63. The second-order valence-corrected chi connectivity index (χ2v) is 11.8. The van der Waals surface area contributed by atoms with Crippen LogP contribution in [0.3, 0.4) is 0 Å². The molecule has 0 aromatic heterocycles. The van der Waals surface area contributed by atoms with E-state index in [-0.39, 0.29) is 75.0 Å². The highest BCUT2D eigenvalue weighted by Crippen LogP contribution is 2.27. The summed E-state index contributed by atoms with van der Waals surface area (Å²) in [7, 11) is 0. The maximum atomic E-state index is 13.9. The number of hydrogen-bond acceptors (Lipinski definition) is 10. The fourth-order valence-electron chi connectivity index (χ4n) is 6.51. The van der Waals surface area contributed by atoms with Gasteiger partial charge in [-0.05, 0) is 32.1 Å². The van der Waals surface area contributed by atoms with Crippen molar-refractivity contribution in [2.75, 3.05) is 32.7 Å². The number of unbranched alkanes of at least 4 members (excludes halogenated alkanes) is 1. The van der Waals surface area contributed by atoms with Gasteiger partial charge in [0, 0.05) is 26.2 Å². The lowest BCUT2D eigenvalue weighted by Gasteiger charge is -2.47. The summed E-state index contributed by atoms with van der Waals surface area (Å²) >= 11 is 0. The molecule has 2 bridgehead atoms. The molecule has 4 aliphatic rings. The van der Waals surface area contributed by atoms with Gasteiger partial charge in [0.15, 0.2) is 17.5 Å². The molecule has 4 fully saturated rings. The third kappa shape index (κ3) is 7.67. The van der Waals surface area contributed by atoms with Gasteiger partial charge in [0.25, 0.3) is 0 Å². The number of nitrogens with two attached hydrogens (primary N) is 3. The largest absolute Gasteiger partial charge is 0.370 e. The van der Waals surface area contributed by atoms with Gasteiger partial charge < -0.3 is 38.5 Å². The average molecular weight is 605 g/mol. The summed E-state index contributed by atoms with van der Waals surface area (Å²) in [5.74, 6) is -2.44. The van der Waals surface area contributed by atoms with Crippen LogP contribution in [0.15, 0.2) is 4.99 Å². The molecule has 4 amide bonds. The number of Topliss-reactive ketones (excluding diaryl/α,β-unsaturated/α-hetero) is 2. The van der Waals surface area contributed by atoms with Crippen molar-refractivity contribution < 1.29 is 28.8 Å². The van der Waals surface area contributed by atoms with Gasteiger partial charge in [-0.2, -0.15) is 0 Å². The number of aliphatic imine (C=N–C) groups is 1. The average Bonchev–Trinajstić information content (AvgIpc) is 2.95. The van der Waals surface area contributed by atoms with Crippen molar-refractivity contribution in [3.63, 3.8) is 0 Å². The van der Waals surface area contributed by atoms with Crippen LogP contribution in [-0.2, 0) is 28.8 Å². The number of nitrogens with one attached hydrogen (secondary N) is 4. The second-order valence-electron chi connectivity index (χ2n) is 11.8. The van der Waals surface area contributed by atoms with Crippen LogP contribution in [0.1, 0.15) is 51.9 Å². The van der Waals surface area contributed by atoms with Gasteiger partial charge >= 0.3 is 0 Å². The molecule has 0 aromatic carbocycles. The van der Waals surface area contributed by atoms with Crippen LogP contribution >= 0.6 is 0 Å². The molecule has 0 spiro atoms. The minimum Gasteiger partial charge on any atom is -0.370 e. The summed E-state index contributed by atoms with van der Waals surface area (Å²) in [6, 6.07) is -5.48. The second kappa shape index (κ2) is 14.2. The number of ketones is 2. The van der Waals surface area contributed by atoms with Gasteiger partial charge in [0.2, 0.25) is 23.6 Å². The quantitative estimate of drug-likeness (QED) is 0.0677. The van der Waals surface area contributed by atoms with Crippen LogP contribution in [0.25, 0.3) is 0 Å². The van der Waals surface area contributed by atoms with E-state index in [1.165, 1.54) is 0 Å². The van der Waals surface area contributed by atoms with Gasteiger partial charge in [-0.25, -0.2) is 0 Å². The molecule has 10 N–H and O–H groups in total. The van der Waals surface area contributed by atoms with Crippen molar-refractivity contribution in [3.05, 3.63) is 0 Å². The zero-order chi connectivity index (χ0) is 31.3. The van der Waals surface area contributed by atoms with Gasteiger partial charge in [0.1, 0.15) is 18.1 Å². The summed E-state index contributed by atoms with van der Waals surface area (Å²) in [6.07, 6.45) is 3.62. The Kier molecular flexibility index (Phi) is 10.7. The van der Waals surface area contributed by atoms with Crippen molar-refractivity contribution in [2.24, 2.45) is 22.2 Å². The molecule has 4 saturated heterocycles. The summed E-state index contributed by atoms with van der Waals surface area (Å²) in [5.41, 5.74) is 16.4. The number of hydrogen-bond donors (Lipinski definition) is 7. The van der Waals surface area contributed by atoms with Crippen molar-refractivity contribution in [1.29, 1.82) is 0 Å². The first-order valence-electron chi connectivity index (χ1n) is 15.1. The zero-order valence-corrected chi connectivity index (χ0v) is 24.5. The molecule has 16 heteroatoms. The van der Waals surface area contributed by atoms with Gasteiger partial charge in [-0.3, -0.25) is 43.6 Å². The first kappa shape index (κ1) is 32.3. The first-order valence-corrected chi connectivity index (χ1v) is 15.1. The van der Waals surface area contributed by atoms with Crippen LogP contribution in [0, 0.1) is 0 Å². The molecular formula is C27H44N10O6. The fourth-order valence-corrected chi connectivity index (χ4v) is 6.51. The number of rotatable bonds is 11. The SMILES string of the molecule is CCCC[C@@H]1NC[C@H](C(=O)C2CCC(N3C[C@H](C(N)=O)NC(=O)[C@@H]3CCCN=C(N)N)C(=O)[C@H]3CN2CC(=O)N3)NC1=O. The number of carbonyl (C=O) groups is 6. The Bertz CT molecular complexity index is 1140. The smallest absolute Gasteiger partial charge is 0.241 e. The topological polar surface area (TPSA) is 247 Å². The number of amides is 4. The Morgan fingerprint density at radius 1 is 0.930 bits per heavy atom. The predicted octanol–water partition coefficient (Wildman–Crippen LogP) is -4.19. The minimum atomic E-state index is -1.02. The molecule has 4 heterocycles. The highest BCUT2D eigenvalue weighted by molar-refractivity contribution is 5.98. The Labute approximate surface area is 250 Å². The highest BCUT2D eigenvalue weighted by atomic mass is 16.2. The van der Waals surface area contributed by atoms with E-state index >= 15 is 0 Å². The number of piperazine rings is 3. The van der Waals surface area contributed by atoms with E-state index in [9.17, 15) is 28.8 Å². The lowest BCUT2D eigenvalue weighted by atomic mass is 9.86. The molecule has 0 radical (unpaired) electrons. The number of carbonyl (C=O) groups excluding carboxylic acids is 6. The van der Waals surface area contributed by atoms with E-state index in [0.717, 1.165) is 12.8 Å². The number of guanidine groups is 1. The van der Waals surface area contributed by atoms with E-state index in [0.29, 0.717) is 19.3 Å². The molecule has 8 atom stereocenters. The molecule has 238 valence electrons. The van der Waals surface area contributed by atoms with E-state index in [1.54, 1.807) is 9.80 Å². The van der Waals surface area contributed by atoms with Crippen LogP contribution in [0.5, 0.6) is 0 Å². The third-order valence-corrected chi connectivity index (χ3v) is 8.73. The Morgan fingerprint density at radius 3 is 2.35 bits per heavy atom. The summed E-state index contributed by atoms with van der Waals surface area (Å²) in [5, 5.41) is 11.4. The van der Waals surface area contributed by atoms with Crippen molar-refractivity contribution in [2.45, 2.75) is 94.2 Å². The first-order chi connectivity index (χ1) is 20.5. The van der Waals surface area contributed by atoms with Gasteiger partial charge in [-0.15, -0.1) is 0 Å². The summed E-state index contributed by atoms with van der Waals surface area (Å²) < 4.78 is 0. The highest BCUT2D eigenvalue weighted by Gasteiger charge is 2.48. The Morgan fingerprint density at radius 2 is 1.67 bits per heavy atom. The molecule has 16 nitrogen and oxygen atoms in total. The number of primary amides is 1. The summed E-state index contributed by atoms with van der Waals surface area (Å²) in [4.78, 5) is 85.9. The van der Waals surface area contributed by atoms with Gasteiger partial charge in [0.05, 0.1) is 30.7 Å². The molecule has 4 aliphatic heterocycles. The number of fused-ring (bicyclic) bond motifs is 2. The molecular weight excluding hydrogens is 560 g/mol. The van der Waals surface area contributed by atoms with E-state index in [2.05, 4.69) is 26.3 Å². The fraction of sp³-hybridized carbons (Fsp3) is 0.741. The van der Waals surface area contributed by atoms with E-state index in [4.69, 9.17) is 17.2 Å². The molecule has 3 unspecified atom stereocenters. The Balaban J connectivity index is 1.56. The van der Waals surface area contributed by atoms with E-state index < -0.39 is 54.0 Å². The minimum absolute atomic E-state index is 0.00477. The van der Waals surface area contributed by atoms with Crippen molar-refractivity contribution >= 4 is 41.2 Å². The van der Waals surface area contributed by atoms with Gasteiger partial charge in [-0.1, -0.05) is 19.8 Å². The molecule has 4 rings (SSSR count).